The van der Waals surface area contributed by atoms with Crippen molar-refractivity contribution in [1.29, 1.82) is 0 Å². The summed E-state index contributed by atoms with van der Waals surface area (Å²) < 4.78 is 8.33. The maximum Gasteiger partial charge on any atom is 0.323 e. The van der Waals surface area contributed by atoms with E-state index in [-0.39, 0.29) is 6.67 Å². The van der Waals surface area contributed by atoms with Gasteiger partial charge >= 0.3 is 5.97 Å². The molecule has 0 radical (unpaired) electrons. The number of hydrogen-bond donors (Lipinski definition) is 1. The Bertz CT molecular complexity index is 821. The molecule has 1 saturated heterocycles. The number of β-amino-alcohol motifs (C(OH)–C–C–N with tert-alkyl or cyclic N) is 1. The van der Waals surface area contributed by atoms with Crippen LogP contribution in [0.25, 0.3) is 5.65 Å². The lowest BCUT2D eigenvalue weighted by molar-refractivity contribution is -0.146. The number of pyridine rings is 1. The summed E-state index contributed by atoms with van der Waals surface area (Å²) in [4.78, 5) is 13.6. The smallest absolute Gasteiger partial charge is 0.323 e. The van der Waals surface area contributed by atoms with Crippen LogP contribution < -0.4 is 0 Å². The number of carbonyl (C=O) groups is 1. The number of methoxy groups -OCH3 is 1. The zero-order valence-corrected chi connectivity index (χ0v) is 14.5. The zero-order chi connectivity index (χ0) is 16.7. The van der Waals surface area contributed by atoms with Gasteiger partial charge in [0.25, 0.3) is 0 Å². The third-order valence-electron chi connectivity index (χ3n) is 3.77. The van der Waals surface area contributed by atoms with Gasteiger partial charge in [-0.05, 0) is 18.3 Å². The molecule has 0 saturated carbocycles. The number of hydrogen-bond acceptors (Lipinski definition) is 6. The minimum Gasteiger partial charge on any atom is -0.468 e. The van der Waals surface area contributed by atoms with E-state index in [2.05, 4.69) is 5.10 Å². The highest BCUT2D eigenvalue weighted by molar-refractivity contribution is 7.71. The van der Waals surface area contributed by atoms with Crippen molar-refractivity contribution >= 4 is 47.0 Å². The normalized spacial score (nSPS) is 21.9. The minimum atomic E-state index is -0.594. The Labute approximate surface area is 147 Å². The number of fused-ring (bicyclic) bond motifs is 1. The number of likely N-dealkylation sites (tertiary alicyclic amines) is 1. The molecule has 3 heterocycles. The van der Waals surface area contributed by atoms with E-state index in [0.29, 0.717) is 33.4 Å². The number of ether oxygens (including phenoxy) is 1. The maximum atomic E-state index is 11.8. The molecular formula is C13H14Cl2N4O3S. The molecule has 2 atom stereocenters. The molecule has 1 aliphatic heterocycles. The fourth-order valence-electron chi connectivity index (χ4n) is 2.73. The van der Waals surface area contributed by atoms with E-state index in [1.807, 2.05) is 0 Å². The Kier molecular flexibility index (Phi) is 4.61. The van der Waals surface area contributed by atoms with Crippen LogP contribution in [-0.4, -0.2) is 56.0 Å². The Morgan fingerprint density at radius 3 is 3.00 bits per heavy atom. The molecule has 0 amide bonds. The first-order valence-corrected chi connectivity index (χ1v) is 8.01. The Balaban J connectivity index is 1.95. The number of rotatable bonds is 3. The van der Waals surface area contributed by atoms with Crippen molar-refractivity contribution < 1.29 is 14.6 Å². The van der Waals surface area contributed by atoms with E-state index in [0.717, 1.165) is 0 Å². The molecule has 1 N–H and O–H groups in total. The standard InChI is InChI=1S/C13H14Cl2N4O3S/c1-22-12(21)10-3-8(20)5-17(10)6-19-13(23)18-4-7(14)2-9(15)11(18)16-19/h2,4,8,10,20H,3,5-6H2,1H3/t8-,10-/m0/s1. The van der Waals surface area contributed by atoms with E-state index >= 15 is 0 Å². The van der Waals surface area contributed by atoms with Crippen molar-refractivity contribution in [2.24, 2.45) is 0 Å². The molecule has 2 aromatic rings. The third kappa shape index (κ3) is 3.09. The predicted molar refractivity (Wildman–Crippen MR) is 87.2 cm³/mol. The quantitative estimate of drug-likeness (QED) is 0.649. The topological polar surface area (TPSA) is 72.0 Å². The maximum absolute atomic E-state index is 11.8. The molecule has 23 heavy (non-hydrogen) atoms. The first kappa shape index (κ1) is 16.7. The lowest BCUT2D eigenvalue weighted by Gasteiger charge is -2.21. The number of nitrogens with zero attached hydrogens (tertiary/aromatic N) is 4. The summed E-state index contributed by atoms with van der Waals surface area (Å²) in [6.07, 6.45) is 1.36. The number of aromatic nitrogens is 3. The summed E-state index contributed by atoms with van der Waals surface area (Å²) in [7, 11) is 1.32. The highest BCUT2D eigenvalue weighted by atomic mass is 35.5. The SMILES string of the molecule is COC(=O)[C@@H]1C[C@H](O)CN1Cn1nc2c(Cl)cc(Cl)cn2c1=S. The summed E-state index contributed by atoms with van der Waals surface area (Å²) in [5, 5.41) is 15.0. The monoisotopic (exact) mass is 376 g/mol. The molecule has 2 aromatic heterocycles. The lowest BCUT2D eigenvalue weighted by atomic mass is 10.2. The second-order valence-electron chi connectivity index (χ2n) is 5.32. The van der Waals surface area contributed by atoms with Crippen LogP contribution in [0.1, 0.15) is 6.42 Å². The first-order chi connectivity index (χ1) is 10.9. The molecule has 124 valence electrons. The molecule has 7 nitrogen and oxygen atoms in total. The number of aliphatic hydroxyl groups excluding tert-OH is 1. The number of esters is 1. The molecule has 0 spiro atoms. The summed E-state index contributed by atoms with van der Waals surface area (Å²) in [5.41, 5.74) is 0.482. The van der Waals surface area contributed by atoms with Crippen molar-refractivity contribution in [3.05, 3.63) is 27.1 Å². The van der Waals surface area contributed by atoms with Crippen LogP contribution in [0.15, 0.2) is 12.3 Å². The summed E-state index contributed by atoms with van der Waals surface area (Å²) in [5.74, 6) is -0.391. The lowest BCUT2D eigenvalue weighted by Crippen LogP contribution is -2.38. The Morgan fingerprint density at radius 2 is 2.30 bits per heavy atom. The second-order valence-corrected chi connectivity index (χ2v) is 6.53. The summed E-state index contributed by atoms with van der Waals surface area (Å²) in [6, 6.07) is 1.06. The van der Waals surface area contributed by atoms with Crippen molar-refractivity contribution in [3.63, 3.8) is 0 Å². The zero-order valence-electron chi connectivity index (χ0n) is 12.1. The van der Waals surface area contributed by atoms with Gasteiger partial charge in [0, 0.05) is 19.2 Å². The van der Waals surface area contributed by atoms with Crippen LogP contribution in [0.4, 0.5) is 0 Å². The predicted octanol–water partition coefficient (Wildman–Crippen LogP) is 1.74. The fourth-order valence-corrected chi connectivity index (χ4v) is 3.47. The number of carbonyl (C=O) groups excluding carboxylic acids is 1. The van der Waals surface area contributed by atoms with Gasteiger partial charge < -0.3 is 9.84 Å². The van der Waals surface area contributed by atoms with Crippen LogP contribution in [0, 0.1) is 4.77 Å². The van der Waals surface area contributed by atoms with Gasteiger partial charge in [-0.1, -0.05) is 23.2 Å². The molecule has 0 bridgehead atoms. The van der Waals surface area contributed by atoms with E-state index in [1.54, 1.807) is 26.2 Å². The van der Waals surface area contributed by atoms with Crippen LogP contribution in [0.5, 0.6) is 0 Å². The number of aliphatic hydroxyl groups is 1. The largest absolute Gasteiger partial charge is 0.468 e. The molecule has 1 fully saturated rings. The van der Waals surface area contributed by atoms with Crippen LogP contribution in [0.2, 0.25) is 10.0 Å². The van der Waals surface area contributed by atoms with Gasteiger partial charge in [-0.3, -0.25) is 14.1 Å². The molecule has 1 aliphatic rings. The van der Waals surface area contributed by atoms with Crippen molar-refractivity contribution in [2.45, 2.75) is 25.2 Å². The average Bonchev–Trinajstić information content (AvgIpc) is 3.01. The van der Waals surface area contributed by atoms with Gasteiger partial charge in [0.15, 0.2) is 5.65 Å². The number of halogens is 2. The highest BCUT2D eigenvalue weighted by Crippen LogP contribution is 2.23. The Hall–Kier alpha value is -1.19. The highest BCUT2D eigenvalue weighted by Gasteiger charge is 2.37. The first-order valence-electron chi connectivity index (χ1n) is 6.85. The van der Waals surface area contributed by atoms with Gasteiger partial charge in [0.05, 0.1) is 29.9 Å². The second kappa shape index (κ2) is 6.37. The van der Waals surface area contributed by atoms with E-state index in [1.165, 1.54) is 7.11 Å². The summed E-state index contributed by atoms with van der Waals surface area (Å²) in [6.45, 7) is 0.579. The van der Waals surface area contributed by atoms with Crippen molar-refractivity contribution in [2.75, 3.05) is 13.7 Å². The molecule has 0 unspecified atom stereocenters. The molecular weight excluding hydrogens is 363 g/mol. The van der Waals surface area contributed by atoms with Gasteiger partial charge in [-0.2, -0.15) is 0 Å². The molecule has 3 rings (SSSR count). The van der Waals surface area contributed by atoms with Gasteiger partial charge in [0.2, 0.25) is 4.77 Å². The van der Waals surface area contributed by atoms with Gasteiger partial charge in [-0.25, -0.2) is 4.68 Å². The van der Waals surface area contributed by atoms with E-state index in [4.69, 9.17) is 40.2 Å². The van der Waals surface area contributed by atoms with Crippen molar-refractivity contribution in [3.8, 4) is 0 Å². The van der Waals surface area contributed by atoms with Crippen LogP contribution >= 0.6 is 35.4 Å². The van der Waals surface area contributed by atoms with Gasteiger partial charge in [0.1, 0.15) is 6.04 Å². The van der Waals surface area contributed by atoms with Crippen LogP contribution in [-0.2, 0) is 16.2 Å². The van der Waals surface area contributed by atoms with Gasteiger partial charge in [-0.15, -0.1) is 5.10 Å². The molecule has 0 aliphatic carbocycles. The average molecular weight is 377 g/mol. The van der Waals surface area contributed by atoms with Crippen molar-refractivity contribution in [1.82, 2.24) is 19.1 Å². The molecule has 10 heteroatoms. The fraction of sp³-hybridized carbons (Fsp3) is 0.462. The third-order valence-corrected chi connectivity index (χ3v) is 4.66. The van der Waals surface area contributed by atoms with Crippen LogP contribution in [0.3, 0.4) is 0 Å². The summed E-state index contributed by atoms with van der Waals surface area (Å²) >= 11 is 17.5. The minimum absolute atomic E-state index is 0.241. The molecule has 0 aromatic carbocycles. The Morgan fingerprint density at radius 1 is 1.57 bits per heavy atom. The van der Waals surface area contributed by atoms with E-state index < -0.39 is 18.1 Å². The van der Waals surface area contributed by atoms with E-state index in [9.17, 15) is 9.90 Å².